The number of hydrogen-bond acceptors (Lipinski definition) is 5. The standard InChI is InChI=1S/C21H20ClFN4O3/c1-11-5-6-15(10-17(11)23)24-20(28)14(4)30-21(29)19-16(22)7-8-18(25-19)27-13(3)9-12(2)26-27/h5-10,14H,1-4H3,(H,24,28). The van der Waals surface area contributed by atoms with Gasteiger partial charge in [0.15, 0.2) is 17.6 Å². The lowest BCUT2D eigenvalue weighted by atomic mass is 10.2. The number of carbonyl (C=O) groups is 2. The number of aryl methyl sites for hydroxylation is 3. The Bertz CT molecular complexity index is 1130. The van der Waals surface area contributed by atoms with Crippen LogP contribution in [0.3, 0.4) is 0 Å². The van der Waals surface area contributed by atoms with E-state index in [0.29, 0.717) is 11.4 Å². The van der Waals surface area contributed by atoms with Crippen molar-refractivity contribution < 1.29 is 18.7 Å². The predicted octanol–water partition coefficient (Wildman–Crippen LogP) is 4.17. The maximum absolute atomic E-state index is 13.6. The Balaban J connectivity index is 1.74. The summed E-state index contributed by atoms with van der Waals surface area (Å²) in [5, 5.41) is 6.91. The van der Waals surface area contributed by atoms with E-state index >= 15 is 0 Å². The number of nitrogens with one attached hydrogen (secondary N) is 1. The normalized spacial score (nSPS) is 11.8. The molecule has 0 aliphatic heterocycles. The van der Waals surface area contributed by atoms with E-state index in [1.54, 1.807) is 23.7 Å². The van der Waals surface area contributed by atoms with Gasteiger partial charge < -0.3 is 10.1 Å². The van der Waals surface area contributed by atoms with Crippen LogP contribution in [-0.4, -0.2) is 32.7 Å². The number of amides is 1. The molecule has 1 atom stereocenters. The molecular weight excluding hydrogens is 411 g/mol. The molecule has 0 saturated carbocycles. The molecule has 1 aromatic carbocycles. The van der Waals surface area contributed by atoms with Gasteiger partial charge >= 0.3 is 5.97 Å². The lowest BCUT2D eigenvalue weighted by molar-refractivity contribution is -0.123. The minimum atomic E-state index is -1.16. The minimum absolute atomic E-state index is 0.0819. The highest BCUT2D eigenvalue weighted by Crippen LogP contribution is 2.20. The number of esters is 1. The van der Waals surface area contributed by atoms with E-state index in [9.17, 15) is 14.0 Å². The lowest BCUT2D eigenvalue weighted by Crippen LogP contribution is -2.30. The number of nitrogens with zero attached hydrogens (tertiary/aromatic N) is 3. The van der Waals surface area contributed by atoms with Crippen molar-refractivity contribution in [2.75, 3.05) is 5.32 Å². The molecule has 0 aliphatic carbocycles. The molecule has 30 heavy (non-hydrogen) atoms. The summed E-state index contributed by atoms with van der Waals surface area (Å²) in [6, 6.07) is 9.29. The summed E-state index contributed by atoms with van der Waals surface area (Å²) >= 11 is 6.11. The first-order valence-corrected chi connectivity index (χ1v) is 9.51. The smallest absolute Gasteiger partial charge is 0.359 e. The number of hydrogen-bond donors (Lipinski definition) is 1. The van der Waals surface area contributed by atoms with E-state index < -0.39 is 23.8 Å². The lowest BCUT2D eigenvalue weighted by Gasteiger charge is -2.14. The van der Waals surface area contributed by atoms with Crippen molar-refractivity contribution in [2.24, 2.45) is 0 Å². The maximum Gasteiger partial charge on any atom is 0.359 e. The van der Waals surface area contributed by atoms with E-state index in [0.717, 1.165) is 11.4 Å². The second-order valence-electron chi connectivity index (χ2n) is 6.84. The molecule has 1 N–H and O–H groups in total. The third-order valence-electron chi connectivity index (χ3n) is 4.34. The highest BCUT2D eigenvalue weighted by Gasteiger charge is 2.23. The average molecular weight is 431 g/mol. The van der Waals surface area contributed by atoms with Crippen molar-refractivity contribution in [3.8, 4) is 5.82 Å². The monoisotopic (exact) mass is 430 g/mol. The SMILES string of the molecule is Cc1cc(C)n(-c2ccc(Cl)c(C(=O)OC(C)C(=O)Nc3ccc(C)c(F)c3)n2)n1. The Morgan fingerprint density at radius 3 is 2.53 bits per heavy atom. The first kappa shape index (κ1) is 21.4. The molecule has 156 valence electrons. The summed E-state index contributed by atoms with van der Waals surface area (Å²) in [6.45, 7) is 6.71. The maximum atomic E-state index is 13.6. The molecule has 3 rings (SSSR count). The van der Waals surface area contributed by atoms with Gasteiger partial charge in [0, 0.05) is 11.4 Å². The molecule has 2 heterocycles. The first-order valence-electron chi connectivity index (χ1n) is 9.14. The molecule has 0 spiro atoms. The van der Waals surface area contributed by atoms with E-state index in [1.165, 1.54) is 25.1 Å². The fraction of sp³-hybridized carbons (Fsp3) is 0.238. The summed E-state index contributed by atoms with van der Waals surface area (Å²) in [5.41, 5.74) is 2.21. The zero-order chi connectivity index (χ0) is 22.0. The Labute approximate surface area is 177 Å². The van der Waals surface area contributed by atoms with Gasteiger partial charge in [-0.3, -0.25) is 4.79 Å². The number of aromatic nitrogens is 3. The Kier molecular flexibility index (Phi) is 6.17. The molecule has 0 bridgehead atoms. The van der Waals surface area contributed by atoms with Crippen LogP contribution < -0.4 is 5.32 Å². The Hall–Kier alpha value is -3.26. The van der Waals surface area contributed by atoms with E-state index in [2.05, 4.69) is 15.4 Å². The van der Waals surface area contributed by atoms with Crippen molar-refractivity contribution in [2.45, 2.75) is 33.8 Å². The minimum Gasteiger partial charge on any atom is -0.448 e. The van der Waals surface area contributed by atoms with Crippen LogP contribution >= 0.6 is 11.6 Å². The molecule has 1 amide bonds. The van der Waals surface area contributed by atoms with E-state index in [4.69, 9.17) is 16.3 Å². The van der Waals surface area contributed by atoms with Gasteiger partial charge in [-0.05, 0) is 63.6 Å². The second kappa shape index (κ2) is 8.62. The van der Waals surface area contributed by atoms with Crippen LogP contribution in [0.25, 0.3) is 5.82 Å². The van der Waals surface area contributed by atoms with Gasteiger partial charge in [-0.1, -0.05) is 17.7 Å². The number of pyridine rings is 1. The van der Waals surface area contributed by atoms with Crippen molar-refractivity contribution in [1.82, 2.24) is 14.8 Å². The van der Waals surface area contributed by atoms with Crippen LogP contribution in [0.4, 0.5) is 10.1 Å². The summed E-state index contributed by atoms with van der Waals surface area (Å²) < 4.78 is 20.4. The van der Waals surface area contributed by atoms with Gasteiger partial charge in [-0.15, -0.1) is 0 Å². The molecular formula is C21H20ClFN4O3. The molecule has 0 radical (unpaired) electrons. The fourth-order valence-corrected chi connectivity index (χ4v) is 2.92. The Morgan fingerprint density at radius 2 is 1.90 bits per heavy atom. The summed E-state index contributed by atoms with van der Waals surface area (Å²) in [6.07, 6.45) is -1.16. The van der Waals surface area contributed by atoms with E-state index in [1.807, 2.05) is 19.9 Å². The number of benzene rings is 1. The molecule has 0 saturated heterocycles. The molecule has 3 aromatic rings. The average Bonchev–Trinajstić information content (AvgIpc) is 3.03. The molecule has 1 unspecified atom stereocenters. The summed E-state index contributed by atoms with van der Waals surface area (Å²) in [4.78, 5) is 29.1. The fourth-order valence-electron chi connectivity index (χ4n) is 2.74. The van der Waals surface area contributed by atoms with Gasteiger partial charge in [0.25, 0.3) is 5.91 Å². The topological polar surface area (TPSA) is 86.1 Å². The van der Waals surface area contributed by atoms with Gasteiger partial charge in [0.2, 0.25) is 0 Å². The summed E-state index contributed by atoms with van der Waals surface area (Å²) in [7, 11) is 0. The second-order valence-corrected chi connectivity index (χ2v) is 7.25. The van der Waals surface area contributed by atoms with Crippen LogP contribution in [-0.2, 0) is 9.53 Å². The van der Waals surface area contributed by atoms with Crippen molar-refractivity contribution in [3.63, 3.8) is 0 Å². The number of ether oxygens (including phenoxy) is 1. The van der Waals surface area contributed by atoms with Crippen molar-refractivity contribution in [1.29, 1.82) is 0 Å². The zero-order valence-corrected chi connectivity index (χ0v) is 17.6. The molecule has 0 fully saturated rings. The Morgan fingerprint density at radius 1 is 1.17 bits per heavy atom. The van der Waals surface area contributed by atoms with Crippen molar-refractivity contribution in [3.05, 3.63) is 69.9 Å². The highest BCUT2D eigenvalue weighted by atomic mass is 35.5. The predicted molar refractivity (Wildman–Crippen MR) is 110 cm³/mol. The zero-order valence-electron chi connectivity index (χ0n) is 16.9. The molecule has 2 aromatic heterocycles. The number of carbonyl (C=O) groups excluding carboxylic acids is 2. The van der Waals surface area contributed by atoms with Crippen LogP contribution in [0.5, 0.6) is 0 Å². The van der Waals surface area contributed by atoms with Crippen LogP contribution in [0.15, 0.2) is 36.4 Å². The largest absolute Gasteiger partial charge is 0.448 e. The first-order chi connectivity index (χ1) is 14.2. The van der Waals surface area contributed by atoms with Gasteiger partial charge in [0.1, 0.15) is 5.82 Å². The van der Waals surface area contributed by atoms with Crippen LogP contribution in [0.2, 0.25) is 5.02 Å². The number of halogens is 2. The molecule has 0 aliphatic rings. The van der Waals surface area contributed by atoms with Crippen molar-refractivity contribution >= 4 is 29.2 Å². The van der Waals surface area contributed by atoms with Gasteiger partial charge in [0.05, 0.1) is 10.7 Å². The number of anilines is 1. The van der Waals surface area contributed by atoms with Gasteiger partial charge in [-0.25, -0.2) is 18.9 Å². The van der Waals surface area contributed by atoms with E-state index in [-0.39, 0.29) is 16.4 Å². The van der Waals surface area contributed by atoms with Crippen LogP contribution in [0.1, 0.15) is 34.4 Å². The van der Waals surface area contributed by atoms with Gasteiger partial charge in [-0.2, -0.15) is 5.10 Å². The molecule has 9 heteroatoms. The third kappa shape index (κ3) is 4.65. The summed E-state index contributed by atoms with van der Waals surface area (Å²) in [5.74, 6) is -1.53. The third-order valence-corrected chi connectivity index (χ3v) is 4.65. The number of rotatable bonds is 5. The highest BCUT2D eigenvalue weighted by molar-refractivity contribution is 6.33. The van der Waals surface area contributed by atoms with Crippen LogP contribution in [0, 0.1) is 26.6 Å². The molecule has 7 nitrogen and oxygen atoms in total. The quantitative estimate of drug-likeness (QED) is 0.614.